The number of ketones is 1. The molecule has 0 bridgehead atoms. The third kappa shape index (κ3) is 1.80. The molecule has 0 N–H and O–H groups in total. The van der Waals surface area contributed by atoms with Crippen molar-refractivity contribution in [2.24, 2.45) is 0 Å². The van der Waals surface area contributed by atoms with Gasteiger partial charge in [0.2, 0.25) is 0 Å². The van der Waals surface area contributed by atoms with Crippen LogP contribution in [0, 0.1) is 6.92 Å². The van der Waals surface area contributed by atoms with Crippen LogP contribution in [0.25, 0.3) is 0 Å². The van der Waals surface area contributed by atoms with E-state index in [4.69, 9.17) is 4.74 Å². The van der Waals surface area contributed by atoms with Gasteiger partial charge in [0.15, 0.2) is 5.78 Å². The molecule has 0 fully saturated rings. The van der Waals surface area contributed by atoms with Crippen LogP contribution in [0.15, 0.2) is 48.5 Å². The van der Waals surface area contributed by atoms with Gasteiger partial charge in [0.1, 0.15) is 12.4 Å². The maximum absolute atomic E-state index is 12.5. The second-order valence-electron chi connectivity index (χ2n) is 4.64. The molecule has 0 radical (unpaired) electrons. The van der Waals surface area contributed by atoms with Crippen molar-refractivity contribution in [1.29, 1.82) is 0 Å². The van der Waals surface area contributed by atoms with Crippen molar-refractivity contribution in [3.05, 3.63) is 65.2 Å². The lowest BCUT2D eigenvalue weighted by atomic mass is 9.88. The largest absolute Gasteiger partial charge is 0.492 e. The SMILES string of the molecule is Cc1ccc2c(c1)C(=O)C(c1ccccc1)CO2. The standard InChI is InChI=1S/C16H14O2/c1-11-7-8-15-13(9-11)16(17)14(10-18-15)12-5-3-2-4-6-12/h2-9,14H,10H2,1H3. The Balaban J connectivity index is 2.02. The molecule has 2 nitrogen and oxygen atoms in total. The topological polar surface area (TPSA) is 26.3 Å². The number of hydrogen-bond acceptors (Lipinski definition) is 2. The molecule has 0 saturated carbocycles. The summed E-state index contributed by atoms with van der Waals surface area (Å²) < 4.78 is 5.70. The Bertz CT molecular complexity index is 587. The quantitative estimate of drug-likeness (QED) is 0.761. The fraction of sp³-hybridized carbons (Fsp3) is 0.188. The predicted octanol–water partition coefficient (Wildman–Crippen LogP) is 3.35. The van der Waals surface area contributed by atoms with Crippen LogP contribution < -0.4 is 4.74 Å². The van der Waals surface area contributed by atoms with E-state index in [0.717, 1.165) is 11.1 Å². The van der Waals surface area contributed by atoms with Gasteiger partial charge in [-0.25, -0.2) is 0 Å². The average Bonchev–Trinajstić information content (AvgIpc) is 2.41. The molecule has 0 spiro atoms. The highest BCUT2D eigenvalue weighted by molar-refractivity contribution is 6.04. The number of ether oxygens (including phenoxy) is 1. The number of fused-ring (bicyclic) bond motifs is 1. The van der Waals surface area contributed by atoms with Gasteiger partial charge in [0, 0.05) is 0 Å². The summed E-state index contributed by atoms with van der Waals surface area (Å²) in [6, 6.07) is 15.6. The first-order valence-electron chi connectivity index (χ1n) is 6.08. The molecule has 0 aliphatic carbocycles. The van der Waals surface area contributed by atoms with E-state index in [0.29, 0.717) is 17.9 Å². The zero-order chi connectivity index (χ0) is 12.5. The van der Waals surface area contributed by atoms with E-state index >= 15 is 0 Å². The molecule has 2 aromatic carbocycles. The van der Waals surface area contributed by atoms with Gasteiger partial charge in [-0.15, -0.1) is 0 Å². The first kappa shape index (κ1) is 11.0. The second-order valence-corrected chi connectivity index (χ2v) is 4.64. The summed E-state index contributed by atoms with van der Waals surface area (Å²) in [4.78, 5) is 12.5. The number of rotatable bonds is 1. The van der Waals surface area contributed by atoms with Gasteiger partial charge in [-0.2, -0.15) is 0 Å². The summed E-state index contributed by atoms with van der Waals surface area (Å²) in [6.07, 6.45) is 0. The van der Waals surface area contributed by atoms with Crippen molar-refractivity contribution in [3.63, 3.8) is 0 Å². The van der Waals surface area contributed by atoms with Gasteiger partial charge in [0.25, 0.3) is 0 Å². The second kappa shape index (κ2) is 4.30. The number of Topliss-reactive ketones (excluding diaryl/α,β-unsaturated/α-hetero) is 1. The van der Waals surface area contributed by atoms with Gasteiger partial charge in [-0.1, -0.05) is 42.0 Å². The monoisotopic (exact) mass is 238 g/mol. The van der Waals surface area contributed by atoms with E-state index in [1.165, 1.54) is 0 Å². The van der Waals surface area contributed by atoms with Crippen molar-refractivity contribution in [3.8, 4) is 5.75 Å². The summed E-state index contributed by atoms with van der Waals surface area (Å²) in [5.74, 6) is 0.685. The predicted molar refractivity (Wildman–Crippen MR) is 70.2 cm³/mol. The number of benzene rings is 2. The lowest BCUT2D eigenvalue weighted by molar-refractivity contribution is 0.0896. The molecular formula is C16H14O2. The van der Waals surface area contributed by atoms with Crippen LogP contribution in [-0.4, -0.2) is 12.4 Å². The van der Waals surface area contributed by atoms with Crippen LogP contribution >= 0.6 is 0 Å². The molecule has 3 rings (SSSR count). The Morgan fingerprint density at radius 2 is 1.89 bits per heavy atom. The molecule has 0 amide bonds. The first-order valence-corrected chi connectivity index (χ1v) is 6.08. The number of hydrogen-bond donors (Lipinski definition) is 0. The van der Waals surface area contributed by atoms with E-state index in [2.05, 4.69) is 0 Å². The average molecular weight is 238 g/mol. The Morgan fingerprint density at radius 3 is 2.67 bits per heavy atom. The highest BCUT2D eigenvalue weighted by atomic mass is 16.5. The Labute approximate surface area is 106 Å². The van der Waals surface area contributed by atoms with E-state index in [9.17, 15) is 4.79 Å². The summed E-state index contributed by atoms with van der Waals surface area (Å²) in [5.41, 5.74) is 2.81. The molecule has 18 heavy (non-hydrogen) atoms. The highest BCUT2D eigenvalue weighted by Gasteiger charge is 2.29. The zero-order valence-corrected chi connectivity index (χ0v) is 10.2. The Morgan fingerprint density at radius 1 is 1.11 bits per heavy atom. The zero-order valence-electron chi connectivity index (χ0n) is 10.2. The van der Waals surface area contributed by atoms with E-state index in [1.54, 1.807) is 0 Å². The van der Waals surface area contributed by atoms with Gasteiger partial charge in [-0.3, -0.25) is 4.79 Å². The Kier molecular flexibility index (Phi) is 2.63. The van der Waals surface area contributed by atoms with Crippen LogP contribution in [0.3, 0.4) is 0 Å². The lowest BCUT2D eigenvalue weighted by Crippen LogP contribution is -2.26. The minimum absolute atomic E-state index is 0.158. The third-order valence-electron chi connectivity index (χ3n) is 3.32. The molecular weight excluding hydrogens is 224 g/mol. The maximum Gasteiger partial charge on any atom is 0.177 e. The summed E-state index contributed by atoms with van der Waals surface area (Å²) in [6.45, 7) is 2.42. The maximum atomic E-state index is 12.5. The summed E-state index contributed by atoms with van der Waals surface area (Å²) >= 11 is 0. The van der Waals surface area contributed by atoms with Crippen LogP contribution in [0.4, 0.5) is 0 Å². The molecule has 2 heteroatoms. The van der Waals surface area contributed by atoms with E-state index in [1.807, 2.05) is 55.5 Å². The molecule has 2 aromatic rings. The normalized spacial score (nSPS) is 18.1. The van der Waals surface area contributed by atoms with Gasteiger partial charge < -0.3 is 4.74 Å². The number of carbonyl (C=O) groups excluding carboxylic acids is 1. The molecule has 90 valence electrons. The van der Waals surface area contributed by atoms with Crippen molar-refractivity contribution >= 4 is 5.78 Å². The van der Waals surface area contributed by atoms with Crippen LogP contribution in [0.1, 0.15) is 27.4 Å². The third-order valence-corrected chi connectivity index (χ3v) is 3.32. The van der Waals surface area contributed by atoms with Crippen molar-refractivity contribution < 1.29 is 9.53 Å². The van der Waals surface area contributed by atoms with Crippen LogP contribution in [0.2, 0.25) is 0 Å². The molecule has 1 unspecified atom stereocenters. The number of carbonyl (C=O) groups is 1. The van der Waals surface area contributed by atoms with Gasteiger partial charge >= 0.3 is 0 Å². The van der Waals surface area contributed by atoms with Crippen molar-refractivity contribution in [2.45, 2.75) is 12.8 Å². The molecule has 1 heterocycles. The molecule has 1 aliphatic rings. The van der Waals surface area contributed by atoms with Crippen LogP contribution in [-0.2, 0) is 0 Å². The van der Waals surface area contributed by atoms with Crippen molar-refractivity contribution in [2.75, 3.05) is 6.61 Å². The minimum Gasteiger partial charge on any atom is -0.492 e. The Hall–Kier alpha value is -2.09. The fourth-order valence-corrected chi connectivity index (χ4v) is 2.33. The van der Waals surface area contributed by atoms with E-state index in [-0.39, 0.29) is 11.7 Å². The summed E-state index contributed by atoms with van der Waals surface area (Å²) in [5, 5.41) is 0. The van der Waals surface area contributed by atoms with E-state index < -0.39 is 0 Å². The van der Waals surface area contributed by atoms with Gasteiger partial charge in [0.05, 0.1) is 11.5 Å². The summed E-state index contributed by atoms with van der Waals surface area (Å²) in [7, 11) is 0. The minimum atomic E-state index is -0.180. The first-order chi connectivity index (χ1) is 8.75. The fourth-order valence-electron chi connectivity index (χ4n) is 2.33. The molecule has 0 saturated heterocycles. The molecule has 0 aromatic heterocycles. The lowest BCUT2D eigenvalue weighted by Gasteiger charge is -2.24. The number of aryl methyl sites for hydroxylation is 1. The van der Waals surface area contributed by atoms with Crippen LogP contribution in [0.5, 0.6) is 5.75 Å². The smallest absolute Gasteiger partial charge is 0.177 e. The van der Waals surface area contributed by atoms with Crippen molar-refractivity contribution in [1.82, 2.24) is 0 Å². The molecule has 1 aliphatic heterocycles. The van der Waals surface area contributed by atoms with Gasteiger partial charge in [-0.05, 0) is 24.6 Å². The highest BCUT2D eigenvalue weighted by Crippen LogP contribution is 2.32. The molecule has 1 atom stereocenters.